The zero-order valence-electron chi connectivity index (χ0n) is 9.23. The van der Waals surface area contributed by atoms with Gasteiger partial charge in [-0.05, 0) is 31.2 Å². The smallest absolute Gasteiger partial charge is 0.171 e. The van der Waals surface area contributed by atoms with Crippen LogP contribution in [0.2, 0.25) is 0 Å². The second-order valence-electron chi connectivity index (χ2n) is 3.94. The van der Waals surface area contributed by atoms with Crippen molar-refractivity contribution < 1.29 is 19.7 Å². The molecule has 0 saturated heterocycles. The highest BCUT2D eigenvalue weighted by Crippen LogP contribution is 2.41. The van der Waals surface area contributed by atoms with Crippen LogP contribution in [0, 0.1) is 0 Å². The Morgan fingerprint density at radius 1 is 1.44 bits per heavy atom. The maximum Gasteiger partial charge on any atom is 0.171 e. The summed E-state index contributed by atoms with van der Waals surface area (Å²) in [7, 11) is 1.49. The van der Waals surface area contributed by atoms with Crippen LogP contribution in [0.5, 0.6) is 17.2 Å². The first kappa shape index (κ1) is 10.8. The van der Waals surface area contributed by atoms with Crippen LogP contribution in [0.25, 0.3) is 6.08 Å². The van der Waals surface area contributed by atoms with Crippen LogP contribution in [-0.4, -0.2) is 29.5 Å². The number of hydrogen-bond donors (Lipinski definition) is 2. The molecule has 1 aliphatic rings. The Labute approximate surface area is 93.7 Å². The summed E-state index contributed by atoms with van der Waals surface area (Å²) in [5, 5.41) is 18.8. The summed E-state index contributed by atoms with van der Waals surface area (Å²) in [6, 6.07) is 3.17. The number of aliphatic hydroxyl groups excluding tert-OH is 1. The molecule has 86 valence electrons. The molecule has 1 atom stereocenters. The molecule has 0 aromatic heterocycles. The van der Waals surface area contributed by atoms with Crippen LogP contribution < -0.4 is 9.47 Å². The normalized spacial score (nSPS) is 22.4. The lowest BCUT2D eigenvalue weighted by atomic mass is 10.0. The van der Waals surface area contributed by atoms with Gasteiger partial charge in [0.05, 0.1) is 19.3 Å². The molecule has 0 aliphatic carbocycles. The van der Waals surface area contributed by atoms with E-state index in [-0.39, 0.29) is 12.4 Å². The lowest BCUT2D eigenvalue weighted by Gasteiger charge is -2.30. The fraction of sp³-hybridized carbons (Fsp3) is 0.333. The predicted octanol–water partition coefficient (Wildman–Crippen LogP) is 1.56. The first-order chi connectivity index (χ1) is 7.59. The molecule has 0 bridgehead atoms. The molecule has 16 heavy (non-hydrogen) atoms. The Kier molecular flexibility index (Phi) is 2.52. The van der Waals surface area contributed by atoms with Gasteiger partial charge in [0.2, 0.25) is 0 Å². The average molecular weight is 222 g/mol. The third-order valence-corrected chi connectivity index (χ3v) is 2.60. The molecule has 1 unspecified atom stereocenters. The molecule has 2 N–H and O–H groups in total. The molecule has 0 fully saturated rings. The number of aliphatic hydroxyl groups is 1. The minimum absolute atomic E-state index is 0.0714. The Morgan fingerprint density at radius 3 is 2.81 bits per heavy atom. The van der Waals surface area contributed by atoms with Crippen LogP contribution in [0.4, 0.5) is 0 Å². The van der Waals surface area contributed by atoms with E-state index in [0.717, 1.165) is 0 Å². The van der Waals surface area contributed by atoms with Gasteiger partial charge in [0, 0.05) is 0 Å². The molecule has 0 amide bonds. The topological polar surface area (TPSA) is 58.9 Å². The average Bonchev–Trinajstić information content (AvgIpc) is 2.29. The van der Waals surface area contributed by atoms with Gasteiger partial charge in [-0.25, -0.2) is 0 Å². The summed E-state index contributed by atoms with van der Waals surface area (Å²) in [5.74, 6) is 1.05. The quantitative estimate of drug-likeness (QED) is 0.797. The van der Waals surface area contributed by atoms with E-state index < -0.39 is 5.60 Å². The Balaban J connectivity index is 2.50. The Bertz CT molecular complexity index is 439. The Morgan fingerprint density at radius 2 is 2.19 bits per heavy atom. The van der Waals surface area contributed by atoms with E-state index in [1.807, 2.05) is 0 Å². The fourth-order valence-electron chi connectivity index (χ4n) is 1.66. The summed E-state index contributed by atoms with van der Waals surface area (Å²) >= 11 is 0. The number of hydrogen-bond acceptors (Lipinski definition) is 4. The molecule has 1 aliphatic heterocycles. The number of phenolic OH excluding ortho intramolecular Hbond substituents is 1. The molecular formula is C12H14O4. The number of benzene rings is 1. The molecule has 1 aromatic carbocycles. The maximum atomic E-state index is 9.59. The van der Waals surface area contributed by atoms with Crippen LogP contribution in [0.3, 0.4) is 0 Å². The van der Waals surface area contributed by atoms with E-state index in [1.165, 1.54) is 13.2 Å². The molecule has 4 nitrogen and oxygen atoms in total. The number of phenols is 1. The molecular weight excluding hydrogens is 208 g/mol. The summed E-state index contributed by atoms with van der Waals surface area (Å²) in [6.07, 6.45) is 3.53. The summed E-state index contributed by atoms with van der Waals surface area (Å²) in [4.78, 5) is 0. The van der Waals surface area contributed by atoms with Gasteiger partial charge in [-0.2, -0.15) is 0 Å². The van der Waals surface area contributed by atoms with Gasteiger partial charge in [-0.1, -0.05) is 0 Å². The van der Waals surface area contributed by atoms with Crippen molar-refractivity contribution in [3.05, 3.63) is 23.8 Å². The lowest BCUT2D eigenvalue weighted by Crippen LogP contribution is -2.35. The van der Waals surface area contributed by atoms with E-state index in [2.05, 4.69) is 0 Å². The fourth-order valence-corrected chi connectivity index (χ4v) is 1.66. The predicted molar refractivity (Wildman–Crippen MR) is 59.8 cm³/mol. The van der Waals surface area contributed by atoms with Crippen LogP contribution >= 0.6 is 0 Å². The minimum atomic E-state index is -0.713. The van der Waals surface area contributed by atoms with Gasteiger partial charge >= 0.3 is 0 Å². The molecule has 1 aromatic rings. The first-order valence-corrected chi connectivity index (χ1v) is 4.99. The molecule has 0 saturated carbocycles. The van der Waals surface area contributed by atoms with E-state index in [4.69, 9.17) is 9.47 Å². The lowest BCUT2D eigenvalue weighted by molar-refractivity contribution is 0.0637. The number of methoxy groups -OCH3 is 1. The maximum absolute atomic E-state index is 9.59. The van der Waals surface area contributed by atoms with Crippen molar-refractivity contribution in [2.24, 2.45) is 0 Å². The highest BCUT2D eigenvalue weighted by molar-refractivity contribution is 5.70. The van der Waals surface area contributed by atoms with Crippen molar-refractivity contribution in [2.45, 2.75) is 12.5 Å². The van der Waals surface area contributed by atoms with Crippen molar-refractivity contribution >= 4 is 6.08 Å². The zero-order chi connectivity index (χ0) is 11.8. The third-order valence-electron chi connectivity index (χ3n) is 2.60. The number of aromatic hydroxyl groups is 1. The SMILES string of the molecule is COc1c(O)ccc2c1C=CC(C)(CO)O2. The van der Waals surface area contributed by atoms with Gasteiger partial charge in [-0.3, -0.25) is 0 Å². The van der Waals surface area contributed by atoms with Gasteiger partial charge in [0.1, 0.15) is 11.4 Å². The van der Waals surface area contributed by atoms with E-state index in [1.54, 1.807) is 25.1 Å². The Hall–Kier alpha value is -1.68. The first-order valence-electron chi connectivity index (χ1n) is 4.99. The molecule has 0 radical (unpaired) electrons. The number of rotatable bonds is 2. The second kappa shape index (κ2) is 3.72. The van der Waals surface area contributed by atoms with E-state index in [9.17, 15) is 10.2 Å². The second-order valence-corrected chi connectivity index (χ2v) is 3.94. The highest BCUT2D eigenvalue weighted by atomic mass is 16.5. The molecule has 1 heterocycles. The van der Waals surface area contributed by atoms with Crippen molar-refractivity contribution in [1.29, 1.82) is 0 Å². The van der Waals surface area contributed by atoms with Gasteiger partial charge < -0.3 is 19.7 Å². The number of fused-ring (bicyclic) bond motifs is 1. The van der Waals surface area contributed by atoms with Crippen molar-refractivity contribution in [3.63, 3.8) is 0 Å². The summed E-state index contributed by atoms with van der Waals surface area (Å²) in [5.41, 5.74) is -0.0250. The molecule has 0 spiro atoms. The minimum Gasteiger partial charge on any atom is -0.504 e. The third kappa shape index (κ3) is 1.61. The zero-order valence-corrected chi connectivity index (χ0v) is 9.23. The monoisotopic (exact) mass is 222 g/mol. The van der Waals surface area contributed by atoms with Crippen LogP contribution in [0.15, 0.2) is 18.2 Å². The van der Waals surface area contributed by atoms with Gasteiger partial charge in [0.15, 0.2) is 11.5 Å². The molecule has 2 rings (SSSR count). The van der Waals surface area contributed by atoms with Crippen molar-refractivity contribution in [1.82, 2.24) is 0 Å². The van der Waals surface area contributed by atoms with Gasteiger partial charge in [0.25, 0.3) is 0 Å². The molecule has 4 heteroatoms. The summed E-state index contributed by atoms with van der Waals surface area (Å²) in [6.45, 7) is 1.68. The van der Waals surface area contributed by atoms with E-state index in [0.29, 0.717) is 17.1 Å². The number of ether oxygens (including phenoxy) is 2. The van der Waals surface area contributed by atoms with Crippen LogP contribution in [-0.2, 0) is 0 Å². The van der Waals surface area contributed by atoms with Crippen LogP contribution in [0.1, 0.15) is 12.5 Å². The standard InChI is InChI=1S/C12H14O4/c1-12(7-13)6-5-8-10(16-12)4-3-9(14)11(8)15-2/h3-6,13-14H,7H2,1-2H3. The van der Waals surface area contributed by atoms with Crippen molar-refractivity contribution in [2.75, 3.05) is 13.7 Å². The van der Waals surface area contributed by atoms with E-state index >= 15 is 0 Å². The summed E-state index contributed by atoms with van der Waals surface area (Å²) < 4.78 is 10.7. The largest absolute Gasteiger partial charge is 0.504 e. The highest BCUT2D eigenvalue weighted by Gasteiger charge is 2.28. The van der Waals surface area contributed by atoms with Gasteiger partial charge in [-0.15, -0.1) is 0 Å². The van der Waals surface area contributed by atoms with Crippen molar-refractivity contribution in [3.8, 4) is 17.2 Å².